The number of Topliss-reactive ketones (excluding diaryl/α,β-unsaturated/α-hetero) is 2. The van der Waals surface area contributed by atoms with E-state index in [1.807, 2.05) is 13.0 Å². The Morgan fingerprint density at radius 2 is 1.58 bits per heavy atom. The third-order valence-electron chi connectivity index (χ3n) is 4.90. The zero-order valence-electron chi connectivity index (χ0n) is 15.4. The summed E-state index contributed by atoms with van der Waals surface area (Å²) in [7, 11) is 0. The standard InChI is InChI=1S/C21H20O5/c1-6-26-21(25)15-13-8-9(2)7-10(3)14(13)20(24)17-16(15)18(22)11(4)12(5)19(17)23/h7-8,24H,6H2,1-5H3. The summed E-state index contributed by atoms with van der Waals surface area (Å²) in [4.78, 5) is 38.5. The van der Waals surface area contributed by atoms with Crippen LogP contribution in [-0.4, -0.2) is 29.2 Å². The zero-order valence-corrected chi connectivity index (χ0v) is 15.4. The minimum absolute atomic E-state index is 0.0478. The van der Waals surface area contributed by atoms with Crippen molar-refractivity contribution in [2.45, 2.75) is 34.6 Å². The highest BCUT2D eigenvalue weighted by atomic mass is 16.5. The molecule has 0 aromatic heterocycles. The van der Waals surface area contributed by atoms with Crippen LogP contribution in [0.4, 0.5) is 0 Å². The van der Waals surface area contributed by atoms with E-state index < -0.39 is 17.5 Å². The monoisotopic (exact) mass is 352 g/mol. The van der Waals surface area contributed by atoms with Crippen LogP contribution >= 0.6 is 0 Å². The van der Waals surface area contributed by atoms with Gasteiger partial charge in [-0.3, -0.25) is 9.59 Å². The van der Waals surface area contributed by atoms with Gasteiger partial charge < -0.3 is 9.84 Å². The molecule has 0 saturated carbocycles. The van der Waals surface area contributed by atoms with Crippen molar-refractivity contribution in [3.8, 4) is 5.75 Å². The molecule has 5 nitrogen and oxygen atoms in total. The first kappa shape index (κ1) is 17.9. The number of esters is 1. The topological polar surface area (TPSA) is 80.7 Å². The average molecular weight is 352 g/mol. The Bertz CT molecular complexity index is 1040. The Kier molecular flexibility index (Phi) is 4.18. The van der Waals surface area contributed by atoms with Crippen LogP contribution < -0.4 is 0 Å². The molecule has 1 N–H and O–H groups in total. The van der Waals surface area contributed by atoms with E-state index in [0.717, 1.165) is 11.1 Å². The van der Waals surface area contributed by atoms with E-state index in [-0.39, 0.29) is 40.2 Å². The van der Waals surface area contributed by atoms with Gasteiger partial charge in [0.05, 0.1) is 23.3 Å². The molecule has 0 fully saturated rings. The molecule has 2 aromatic carbocycles. The van der Waals surface area contributed by atoms with E-state index in [1.165, 1.54) is 0 Å². The first-order valence-corrected chi connectivity index (χ1v) is 8.44. The van der Waals surface area contributed by atoms with Crippen molar-refractivity contribution in [3.63, 3.8) is 0 Å². The van der Waals surface area contributed by atoms with Crippen LogP contribution in [0.5, 0.6) is 5.75 Å². The normalized spacial score (nSPS) is 14.0. The van der Waals surface area contributed by atoms with Gasteiger partial charge in [0.15, 0.2) is 11.6 Å². The number of rotatable bonds is 2. The summed E-state index contributed by atoms with van der Waals surface area (Å²) in [6.45, 7) is 8.56. The molecular formula is C21H20O5. The van der Waals surface area contributed by atoms with Gasteiger partial charge in [0.2, 0.25) is 0 Å². The number of benzene rings is 2. The number of carbonyl (C=O) groups is 3. The quantitative estimate of drug-likeness (QED) is 0.825. The maximum Gasteiger partial charge on any atom is 0.339 e. The summed E-state index contributed by atoms with van der Waals surface area (Å²) in [5.41, 5.74) is 2.01. The molecule has 5 heteroatoms. The smallest absolute Gasteiger partial charge is 0.339 e. The number of aryl methyl sites for hydroxylation is 2. The van der Waals surface area contributed by atoms with Gasteiger partial charge in [0.25, 0.3) is 0 Å². The van der Waals surface area contributed by atoms with Gasteiger partial charge in [-0.05, 0) is 40.2 Å². The van der Waals surface area contributed by atoms with Crippen molar-refractivity contribution in [1.82, 2.24) is 0 Å². The highest BCUT2D eigenvalue weighted by Gasteiger charge is 2.37. The number of ether oxygens (including phenoxy) is 1. The molecule has 0 bridgehead atoms. The lowest BCUT2D eigenvalue weighted by Gasteiger charge is -2.23. The van der Waals surface area contributed by atoms with Crippen LogP contribution in [0.1, 0.15) is 63.0 Å². The fourth-order valence-corrected chi connectivity index (χ4v) is 3.56. The molecule has 0 unspecified atom stereocenters. The van der Waals surface area contributed by atoms with E-state index >= 15 is 0 Å². The molecule has 0 aliphatic heterocycles. The Hall–Kier alpha value is -2.95. The molecule has 0 spiro atoms. The lowest BCUT2D eigenvalue weighted by atomic mass is 9.79. The number of carbonyl (C=O) groups excluding carboxylic acids is 3. The third kappa shape index (κ3) is 2.35. The predicted octanol–water partition coefficient (Wildman–Crippen LogP) is 4.05. The third-order valence-corrected chi connectivity index (χ3v) is 4.90. The molecule has 0 amide bonds. The number of hydrogen-bond donors (Lipinski definition) is 1. The fraction of sp³-hybridized carbons (Fsp3) is 0.286. The minimum atomic E-state index is -0.674. The Balaban J connectivity index is 2.59. The highest BCUT2D eigenvalue weighted by Crippen LogP contribution is 2.42. The van der Waals surface area contributed by atoms with Crippen molar-refractivity contribution >= 4 is 28.3 Å². The molecule has 134 valence electrons. The van der Waals surface area contributed by atoms with Crippen molar-refractivity contribution in [2.24, 2.45) is 0 Å². The molecule has 3 rings (SSSR count). The van der Waals surface area contributed by atoms with E-state index in [9.17, 15) is 19.5 Å². The lowest BCUT2D eigenvalue weighted by molar-refractivity contribution is 0.0526. The minimum Gasteiger partial charge on any atom is -0.506 e. The molecule has 0 atom stereocenters. The number of phenolic OH excluding ortho intramolecular Hbond substituents is 1. The molecule has 1 aliphatic carbocycles. The Labute approximate surface area is 151 Å². The number of fused-ring (bicyclic) bond motifs is 2. The molecule has 1 aliphatic rings. The maximum absolute atomic E-state index is 12.9. The van der Waals surface area contributed by atoms with Gasteiger partial charge in [-0.15, -0.1) is 0 Å². The highest BCUT2D eigenvalue weighted by molar-refractivity contribution is 6.33. The second-order valence-corrected chi connectivity index (χ2v) is 6.61. The number of hydrogen-bond acceptors (Lipinski definition) is 5. The van der Waals surface area contributed by atoms with Crippen molar-refractivity contribution in [2.75, 3.05) is 6.61 Å². The largest absolute Gasteiger partial charge is 0.506 e. The fourth-order valence-electron chi connectivity index (χ4n) is 3.56. The molecule has 0 saturated heterocycles. The van der Waals surface area contributed by atoms with Crippen LogP contribution in [0.15, 0.2) is 23.3 Å². The number of aromatic hydroxyl groups is 1. The van der Waals surface area contributed by atoms with Crippen LogP contribution in [0.25, 0.3) is 10.8 Å². The van der Waals surface area contributed by atoms with Gasteiger partial charge >= 0.3 is 5.97 Å². The van der Waals surface area contributed by atoms with Crippen molar-refractivity contribution < 1.29 is 24.2 Å². The van der Waals surface area contributed by atoms with Gasteiger partial charge in [-0.1, -0.05) is 17.7 Å². The summed E-state index contributed by atoms with van der Waals surface area (Å²) >= 11 is 0. The van der Waals surface area contributed by atoms with Gasteiger partial charge in [-0.2, -0.15) is 0 Å². The van der Waals surface area contributed by atoms with Crippen LogP contribution in [0.2, 0.25) is 0 Å². The molecule has 0 radical (unpaired) electrons. The zero-order chi connectivity index (χ0) is 19.3. The van der Waals surface area contributed by atoms with Crippen LogP contribution in [0, 0.1) is 13.8 Å². The van der Waals surface area contributed by atoms with E-state index in [0.29, 0.717) is 10.8 Å². The molecule has 26 heavy (non-hydrogen) atoms. The molecular weight excluding hydrogens is 332 g/mol. The first-order valence-electron chi connectivity index (χ1n) is 8.44. The van der Waals surface area contributed by atoms with Crippen LogP contribution in [0.3, 0.4) is 0 Å². The van der Waals surface area contributed by atoms with Crippen molar-refractivity contribution in [1.29, 1.82) is 0 Å². The lowest BCUT2D eigenvalue weighted by Crippen LogP contribution is -2.24. The predicted molar refractivity (Wildman–Crippen MR) is 98.1 cm³/mol. The molecule has 0 heterocycles. The summed E-state index contributed by atoms with van der Waals surface area (Å²) in [5.74, 6) is -1.81. The summed E-state index contributed by atoms with van der Waals surface area (Å²) in [6, 6.07) is 3.58. The van der Waals surface area contributed by atoms with E-state index in [1.54, 1.807) is 33.8 Å². The summed E-state index contributed by atoms with van der Waals surface area (Å²) < 4.78 is 5.17. The Morgan fingerprint density at radius 1 is 1.00 bits per heavy atom. The second-order valence-electron chi connectivity index (χ2n) is 6.61. The van der Waals surface area contributed by atoms with E-state index in [2.05, 4.69) is 0 Å². The SMILES string of the molecule is CCOC(=O)c1c2c(c(O)c3c(C)cc(C)cc13)C(=O)C(C)=C(C)C2=O. The van der Waals surface area contributed by atoms with Crippen LogP contribution in [-0.2, 0) is 4.74 Å². The summed E-state index contributed by atoms with van der Waals surface area (Å²) in [6.07, 6.45) is 0. The van der Waals surface area contributed by atoms with Gasteiger partial charge in [0, 0.05) is 21.9 Å². The maximum atomic E-state index is 12.9. The van der Waals surface area contributed by atoms with Gasteiger partial charge in [0.1, 0.15) is 5.75 Å². The average Bonchev–Trinajstić information content (AvgIpc) is 2.57. The van der Waals surface area contributed by atoms with Gasteiger partial charge in [-0.25, -0.2) is 4.79 Å². The Morgan fingerprint density at radius 3 is 2.15 bits per heavy atom. The number of ketones is 2. The summed E-state index contributed by atoms with van der Waals surface area (Å²) in [5, 5.41) is 11.7. The number of phenols is 1. The first-order chi connectivity index (χ1) is 12.2. The second kappa shape index (κ2) is 6.09. The number of allylic oxidation sites excluding steroid dienone is 2. The van der Waals surface area contributed by atoms with Crippen molar-refractivity contribution in [3.05, 3.63) is 51.1 Å². The van der Waals surface area contributed by atoms with E-state index in [4.69, 9.17) is 4.74 Å². The molecule has 2 aromatic rings.